The SMILES string of the molecule is N#Cc1cccc(-c2ccc3c(c2)C(=O)CC2(CCCN(c4ccccc4)C2)O3)c1. The number of ether oxygens (including phenoxy) is 1. The standard InChI is InChI=1S/C26H22N2O2/c27-17-19-6-4-7-20(14-19)21-10-11-25-23(15-21)24(29)16-26(30-25)12-5-13-28(18-26)22-8-2-1-3-9-22/h1-4,6-11,14-15H,5,12-13,16,18H2. The van der Waals surface area contributed by atoms with Crippen LogP contribution in [0.1, 0.15) is 35.2 Å². The number of Topliss-reactive ketones (excluding diaryl/α,β-unsaturated/α-hetero) is 1. The number of hydrogen-bond acceptors (Lipinski definition) is 4. The van der Waals surface area contributed by atoms with Crippen LogP contribution in [0, 0.1) is 11.3 Å². The molecule has 2 aliphatic rings. The molecule has 4 heteroatoms. The fourth-order valence-electron chi connectivity index (χ4n) is 4.63. The van der Waals surface area contributed by atoms with E-state index in [-0.39, 0.29) is 5.78 Å². The minimum absolute atomic E-state index is 0.129. The van der Waals surface area contributed by atoms with Crippen LogP contribution in [-0.4, -0.2) is 24.5 Å². The van der Waals surface area contributed by atoms with Gasteiger partial charge in [0.2, 0.25) is 0 Å². The molecule has 1 unspecified atom stereocenters. The van der Waals surface area contributed by atoms with Gasteiger partial charge in [-0.1, -0.05) is 36.4 Å². The largest absolute Gasteiger partial charge is 0.484 e. The van der Waals surface area contributed by atoms with Crippen molar-refractivity contribution in [2.24, 2.45) is 0 Å². The smallest absolute Gasteiger partial charge is 0.170 e. The number of carbonyl (C=O) groups is 1. The molecule has 1 atom stereocenters. The van der Waals surface area contributed by atoms with Gasteiger partial charge < -0.3 is 9.64 Å². The number of carbonyl (C=O) groups excluding carboxylic acids is 1. The van der Waals surface area contributed by atoms with E-state index in [4.69, 9.17) is 10.00 Å². The summed E-state index contributed by atoms with van der Waals surface area (Å²) in [5.41, 5.74) is 3.80. The first-order valence-corrected chi connectivity index (χ1v) is 10.3. The van der Waals surface area contributed by atoms with E-state index in [1.807, 2.05) is 54.6 Å². The number of nitrogens with zero attached hydrogens (tertiary/aromatic N) is 2. The van der Waals surface area contributed by atoms with Crippen molar-refractivity contribution in [3.63, 3.8) is 0 Å². The second-order valence-corrected chi connectivity index (χ2v) is 8.15. The molecule has 148 valence electrons. The molecule has 0 bridgehead atoms. The monoisotopic (exact) mass is 394 g/mol. The lowest BCUT2D eigenvalue weighted by Gasteiger charge is -2.45. The Morgan fingerprint density at radius 3 is 2.63 bits per heavy atom. The van der Waals surface area contributed by atoms with Crippen LogP contribution in [0.3, 0.4) is 0 Å². The van der Waals surface area contributed by atoms with Crippen molar-refractivity contribution in [3.05, 3.63) is 83.9 Å². The van der Waals surface area contributed by atoms with Crippen molar-refractivity contribution in [2.45, 2.75) is 24.9 Å². The Hall–Kier alpha value is -3.58. The molecular weight excluding hydrogens is 372 g/mol. The summed E-state index contributed by atoms with van der Waals surface area (Å²) in [5, 5.41) is 9.16. The van der Waals surface area contributed by atoms with E-state index in [2.05, 4.69) is 23.1 Å². The van der Waals surface area contributed by atoms with E-state index in [1.165, 1.54) is 5.69 Å². The highest BCUT2D eigenvalue weighted by Crippen LogP contribution is 2.40. The Morgan fingerprint density at radius 2 is 1.80 bits per heavy atom. The number of piperidine rings is 1. The third-order valence-electron chi connectivity index (χ3n) is 6.07. The topological polar surface area (TPSA) is 53.3 Å². The molecule has 0 saturated carbocycles. The molecule has 1 spiro atoms. The molecule has 3 aromatic rings. The van der Waals surface area contributed by atoms with Crippen molar-refractivity contribution >= 4 is 11.5 Å². The zero-order valence-corrected chi connectivity index (χ0v) is 16.7. The summed E-state index contributed by atoms with van der Waals surface area (Å²) in [6, 6.07) is 25.7. The van der Waals surface area contributed by atoms with Crippen molar-refractivity contribution in [1.82, 2.24) is 0 Å². The van der Waals surface area contributed by atoms with Gasteiger partial charge in [0.15, 0.2) is 5.78 Å². The third-order valence-corrected chi connectivity index (χ3v) is 6.07. The zero-order valence-electron chi connectivity index (χ0n) is 16.7. The van der Waals surface area contributed by atoms with Crippen molar-refractivity contribution in [3.8, 4) is 22.9 Å². The summed E-state index contributed by atoms with van der Waals surface area (Å²) in [4.78, 5) is 15.5. The molecule has 5 rings (SSSR count). The number of rotatable bonds is 2. The first-order chi connectivity index (χ1) is 14.7. The number of para-hydroxylation sites is 1. The molecule has 0 radical (unpaired) electrons. The van der Waals surface area contributed by atoms with Crippen LogP contribution >= 0.6 is 0 Å². The van der Waals surface area contributed by atoms with Crippen LogP contribution in [0.15, 0.2) is 72.8 Å². The van der Waals surface area contributed by atoms with Crippen LogP contribution in [0.5, 0.6) is 5.75 Å². The average Bonchev–Trinajstić information content (AvgIpc) is 2.79. The molecule has 0 N–H and O–H groups in total. The number of ketones is 1. The molecule has 0 aromatic heterocycles. The van der Waals surface area contributed by atoms with Gasteiger partial charge in [-0.3, -0.25) is 4.79 Å². The second-order valence-electron chi connectivity index (χ2n) is 8.15. The van der Waals surface area contributed by atoms with E-state index in [1.54, 1.807) is 6.07 Å². The number of benzene rings is 3. The Bertz CT molecular complexity index is 1150. The highest BCUT2D eigenvalue weighted by Gasteiger charge is 2.43. The van der Waals surface area contributed by atoms with Gasteiger partial charge >= 0.3 is 0 Å². The van der Waals surface area contributed by atoms with E-state index in [9.17, 15) is 4.79 Å². The maximum absolute atomic E-state index is 13.2. The number of anilines is 1. The van der Waals surface area contributed by atoms with E-state index in [0.717, 1.165) is 30.5 Å². The normalized spacial score (nSPS) is 20.4. The van der Waals surface area contributed by atoms with Crippen LogP contribution in [0.2, 0.25) is 0 Å². The van der Waals surface area contributed by atoms with Crippen molar-refractivity contribution in [1.29, 1.82) is 5.26 Å². The minimum atomic E-state index is -0.472. The molecule has 0 amide bonds. The minimum Gasteiger partial charge on any atom is -0.484 e. The molecule has 30 heavy (non-hydrogen) atoms. The Labute approximate surface area is 176 Å². The van der Waals surface area contributed by atoms with Gasteiger partial charge in [-0.25, -0.2) is 0 Å². The molecule has 3 aromatic carbocycles. The van der Waals surface area contributed by atoms with Gasteiger partial charge in [-0.2, -0.15) is 5.26 Å². The second kappa shape index (κ2) is 7.35. The van der Waals surface area contributed by atoms with Crippen molar-refractivity contribution in [2.75, 3.05) is 18.0 Å². The summed E-state index contributed by atoms with van der Waals surface area (Å²) >= 11 is 0. The first kappa shape index (κ1) is 18.4. The average molecular weight is 394 g/mol. The zero-order chi connectivity index (χ0) is 20.6. The van der Waals surface area contributed by atoms with E-state index >= 15 is 0 Å². The highest BCUT2D eigenvalue weighted by molar-refractivity contribution is 6.01. The fourth-order valence-corrected chi connectivity index (χ4v) is 4.63. The Morgan fingerprint density at radius 1 is 0.967 bits per heavy atom. The predicted octanol–water partition coefficient (Wildman–Crippen LogP) is 5.23. The van der Waals surface area contributed by atoms with Crippen LogP contribution in [0.25, 0.3) is 11.1 Å². The summed E-state index contributed by atoms with van der Waals surface area (Å²) in [6.45, 7) is 1.69. The maximum Gasteiger partial charge on any atom is 0.170 e. The lowest BCUT2D eigenvalue weighted by Crippen LogP contribution is -2.54. The summed E-state index contributed by atoms with van der Waals surface area (Å²) < 4.78 is 6.50. The quantitative estimate of drug-likeness (QED) is 0.597. The third kappa shape index (κ3) is 3.33. The van der Waals surface area contributed by atoms with Crippen molar-refractivity contribution < 1.29 is 9.53 Å². The molecule has 1 saturated heterocycles. The number of fused-ring (bicyclic) bond motifs is 1. The van der Waals surface area contributed by atoms with E-state index < -0.39 is 5.60 Å². The maximum atomic E-state index is 13.2. The number of hydrogen-bond donors (Lipinski definition) is 0. The lowest BCUT2D eigenvalue weighted by molar-refractivity contribution is 0.0304. The molecular formula is C26H22N2O2. The van der Waals surface area contributed by atoms with E-state index in [0.29, 0.717) is 29.8 Å². The molecule has 1 fully saturated rings. The molecule has 2 aliphatic heterocycles. The summed E-state index contributed by atoms with van der Waals surface area (Å²) in [6.07, 6.45) is 2.27. The fraction of sp³-hybridized carbons (Fsp3) is 0.231. The van der Waals surface area contributed by atoms with Gasteiger partial charge in [-0.15, -0.1) is 0 Å². The van der Waals surface area contributed by atoms with Gasteiger partial charge in [0, 0.05) is 12.2 Å². The van der Waals surface area contributed by atoms with Crippen LogP contribution < -0.4 is 9.64 Å². The summed E-state index contributed by atoms with van der Waals surface area (Å²) in [5.74, 6) is 0.797. The van der Waals surface area contributed by atoms with Gasteiger partial charge in [0.25, 0.3) is 0 Å². The first-order valence-electron chi connectivity index (χ1n) is 10.3. The Balaban J connectivity index is 1.44. The van der Waals surface area contributed by atoms with Gasteiger partial charge in [0.05, 0.1) is 30.2 Å². The summed E-state index contributed by atoms with van der Waals surface area (Å²) in [7, 11) is 0. The molecule has 4 nitrogen and oxygen atoms in total. The number of nitriles is 1. The Kier molecular flexibility index (Phi) is 4.52. The lowest BCUT2D eigenvalue weighted by atomic mass is 9.83. The van der Waals surface area contributed by atoms with Gasteiger partial charge in [-0.05, 0) is 60.4 Å². The van der Waals surface area contributed by atoms with Crippen LogP contribution in [-0.2, 0) is 0 Å². The molecule has 0 aliphatic carbocycles. The highest BCUT2D eigenvalue weighted by atomic mass is 16.5. The van der Waals surface area contributed by atoms with Crippen LogP contribution in [0.4, 0.5) is 5.69 Å². The van der Waals surface area contributed by atoms with Gasteiger partial charge in [0.1, 0.15) is 11.4 Å². The molecule has 2 heterocycles. The predicted molar refractivity (Wildman–Crippen MR) is 117 cm³/mol.